The molecule has 1 saturated heterocycles. The second-order valence-corrected chi connectivity index (χ2v) is 9.66. The summed E-state index contributed by atoms with van der Waals surface area (Å²) in [4.78, 5) is 40.3. The third-order valence-electron chi connectivity index (χ3n) is 6.82. The van der Waals surface area contributed by atoms with E-state index in [-0.39, 0.29) is 28.2 Å². The highest BCUT2D eigenvalue weighted by Gasteiger charge is 2.39. The van der Waals surface area contributed by atoms with Gasteiger partial charge in [0.1, 0.15) is 23.5 Å². The molecule has 5 heterocycles. The fourth-order valence-corrected chi connectivity index (χ4v) is 4.86. The Balaban J connectivity index is 1.04. The molecule has 0 unspecified atom stereocenters. The van der Waals surface area contributed by atoms with Gasteiger partial charge in [0.05, 0.1) is 24.3 Å². The normalized spacial score (nSPS) is 18.0. The van der Waals surface area contributed by atoms with Crippen molar-refractivity contribution in [2.24, 2.45) is 9.98 Å². The average molecular weight is 513 g/mol. The highest BCUT2D eigenvalue weighted by molar-refractivity contribution is 6.31. The molecule has 2 aromatic heterocycles. The second-order valence-electron chi connectivity index (χ2n) is 9.30. The van der Waals surface area contributed by atoms with Gasteiger partial charge in [-0.15, -0.1) is 0 Å². The van der Waals surface area contributed by atoms with E-state index in [1.54, 1.807) is 0 Å². The topological polar surface area (TPSA) is 199 Å². The second kappa shape index (κ2) is 9.72. The van der Waals surface area contributed by atoms with E-state index in [2.05, 4.69) is 40.6 Å². The van der Waals surface area contributed by atoms with Crippen molar-refractivity contribution in [2.45, 2.75) is 50.6 Å². The number of likely N-dealkylation sites (tertiary alicyclic amines) is 1. The van der Waals surface area contributed by atoms with Gasteiger partial charge in [-0.05, 0) is 25.7 Å². The van der Waals surface area contributed by atoms with Crippen LogP contribution in [-0.4, -0.2) is 67.6 Å². The highest BCUT2D eigenvalue weighted by Crippen LogP contribution is 2.31. The lowest BCUT2D eigenvalue weighted by Crippen LogP contribution is -2.56. The van der Waals surface area contributed by atoms with Crippen molar-refractivity contribution in [1.29, 1.82) is 0 Å². The van der Waals surface area contributed by atoms with E-state index in [0.717, 1.165) is 37.1 Å². The summed E-state index contributed by atoms with van der Waals surface area (Å²) in [6.45, 7) is 2.35. The third-order valence-corrected chi connectivity index (χ3v) is 7.10. The van der Waals surface area contributed by atoms with Gasteiger partial charge in [-0.25, -0.2) is 19.9 Å². The van der Waals surface area contributed by atoms with Gasteiger partial charge in [0.25, 0.3) is 0 Å². The molecule has 1 fully saturated rings. The highest BCUT2D eigenvalue weighted by atomic mass is 35.5. The van der Waals surface area contributed by atoms with Crippen molar-refractivity contribution in [2.75, 3.05) is 36.8 Å². The monoisotopic (exact) mass is 512 g/mol. The molecule has 1 amide bonds. The predicted octanol–water partition coefficient (Wildman–Crippen LogP) is 0.576. The van der Waals surface area contributed by atoms with Gasteiger partial charge in [-0.2, -0.15) is 0 Å². The number of halogens is 1. The van der Waals surface area contributed by atoms with Crippen LogP contribution in [0.4, 0.5) is 23.1 Å². The van der Waals surface area contributed by atoms with Crippen LogP contribution in [0.1, 0.15) is 43.5 Å². The fraction of sp³-hybridized carbons (Fsp3) is 0.500. The number of nitrogens with one attached hydrogen (secondary N) is 2. The zero-order valence-corrected chi connectivity index (χ0v) is 20.6. The first-order chi connectivity index (χ1) is 17.3. The number of piperidine rings is 1. The molecule has 1 spiro atoms. The minimum atomic E-state index is -0.152. The molecule has 0 saturated carbocycles. The molecule has 13 nitrogen and oxygen atoms in total. The summed E-state index contributed by atoms with van der Waals surface area (Å²) in [5, 5.41) is 6.82. The standard InChI is InChI=1S/C22H29ClN12O/c23-17-20(26)33-18(24)14(32-17)9-27-21-28-10-22(34-21)4-6-35(7-5-22)15(36)3-1-2-12-8-13-16(31-12)19(25)30-11-29-13/h11H,1-10H2,(H4,24,26,33)(H2,25,29,30)(H2,27,28,34). The van der Waals surface area contributed by atoms with Crippen molar-refractivity contribution < 1.29 is 4.79 Å². The van der Waals surface area contributed by atoms with Gasteiger partial charge in [0.15, 0.2) is 22.7 Å². The molecule has 14 heteroatoms. The molecule has 0 aromatic carbocycles. The van der Waals surface area contributed by atoms with Crippen molar-refractivity contribution in [3.8, 4) is 0 Å². The van der Waals surface area contributed by atoms with Gasteiger partial charge in [0, 0.05) is 31.6 Å². The summed E-state index contributed by atoms with van der Waals surface area (Å²) in [5.41, 5.74) is 20.3. The number of aliphatic imine (C=N–C) groups is 2. The van der Waals surface area contributed by atoms with Crippen LogP contribution in [-0.2, 0) is 17.8 Å². The van der Waals surface area contributed by atoms with Crippen LogP contribution in [0.25, 0.3) is 0 Å². The van der Waals surface area contributed by atoms with E-state index >= 15 is 0 Å². The van der Waals surface area contributed by atoms with Crippen molar-refractivity contribution in [3.63, 3.8) is 0 Å². The van der Waals surface area contributed by atoms with Gasteiger partial charge >= 0.3 is 0 Å². The summed E-state index contributed by atoms with van der Waals surface area (Å²) >= 11 is 5.95. The minimum Gasteiger partial charge on any atom is -0.382 e. The van der Waals surface area contributed by atoms with Crippen LogP contribution in [0.5, 0.6) is 0 Å². The quantitative estimate of drug-likeness (QED) is 0.364. The number of nitrogens with zero attached hydrogens (tertiary/aromatic N) is 7. The van der Waals surface area contributed by atoms with E-state index in [9.17, 15) is 4.79 Å². The summed E-state index contributed by atoms with van der Waals surface area (Å²) in [5.74, 6) is 1.59. The van der Waals surface area contributed by atoms with Gasteiger partial charge in [-0.3, -0.25) is 14.8 Å². The number of hydrogen-bond donors (Lipinski definition) is 5. The average Bonchev–Trinajstić information content (AvgIpc) is 3.46. The van der Waals surface area contributed by atoms with E-state index < -0.39 is 0 Å². The Kier molecular flexibility index (Phi) is 6.48. The summed E-state index contributed by atoms with van der Waals surface area (Å²) in [6, 6.07) is 0. The van der Waals surface area contributed by atoms with Gasteiger partial charge in [-0.1, -0.05) is 11.6 Å². The van der Waals surface area contributed by atoms with E-state index in [4.69, 9.17) is 28.8 Å². The van der Waals surface area contributed by atoms with E-state index in [1.165, 1.54) is 6.33 Å². The van der Waals surface area contributed by atoms with Crippen molar-refractivity contribution >= 4 is 52.3 Å². The molecule has 0 radical (unpaired) electrons. The number of anilines is 3. The maximum atomic E-state index is 12.8. The first-order valence-corrected chi connectivity index (χ1v) is 12.3. The lowest BCUT2D eigenvalue weighted by molar-refractivity contribution is -0.132. The number of fused-ring (bicyclic) bond motifs is 1. The minimum absolute atomic E-state index is 0.104. The molecule has 36 heavy (non-hydrogen) atoms. The molecule has 0 atom stereocenters. The molecule has 0 aliphatic carbocycles. The number of nitrogen functional groups attached to an aromatic ring is 3. The number of aromatic nitrogens is 4. The van der Waals surface area contributed by atoms with Gasteiger partial charge < -0.3 is 32.7 Å². The summed E-state index contributed by atoms with van der Waals surface area (Å²) < 4.78 is 0. The summed E-state index contributed by atoms with van der Waals surface area (Å²) in [7, 11) is 0. The maximum absolute atomic E-state index is 12.8. The number of rotatable bonds is 6. The third kappa shape index (κ3) is 4.96. The first kappa shape index (κ1) is 24.0. The zero-order chi connectivity index (χ0) is 25.3. The molecule has 3 aliphatic heterocycles. The number of carbonyl (C=O) groups is 1. The zero-order valence-electron chi connectivity index (χ0n) is 19.8. The van der Waals surface area contributed by atoms with E-state index in [1.807, 2.05) is 4.90 Å². The number of hydrogen-bond acceptors (Lipinski definition) is 12. The SMILES string of the molecule is Nc1nc(N)c(CNC2=NCC3(CCN(C(=O)CCCC4=Nc5c(N)ncnc5C4)CC3)N2)nc1Cl. The van der Waals surface area contributed by atoms with Crippen LogP contribution in [0.15, 0.2) is 16.3 Å². The largest absolute Gasteiger partial charge is 0.382 e. The Morgan fingerprint density at radius 1 is 1.14 bits per heavy atom. The number of carbonyl (C=O) groups excluding carboxylic acids is 1. The van der Waals surface area contributed by atoms with Crippen LogP contribution in [0, 0.1) is 0 Å². The van der Waals surface area contributed by atoms with Crippen LogP contribution in [0.2, 0.25) is 5.15 Å². The lowest BCUT2D eigenvalue weighted by atomic mass is 9.88. The Morgan fingerprint density at radius 3 is 2.72 bits per heavy atom. The molecule has 8 N–H and O–H groups in total. The Labute approximate surface area is 213 Å². The lowest BCUT2D eigenvalue weighted by Gasteiger charge is -2.39. The smallest absolute Gasteiger partial charge is 0.222 e. The molecular formula is C22H29ClN12O. The molecular weight excluding hydrogens is 484 g/mol. The van der Waals surface area contributed by atoms with Crippen LogP contribution >= 0.6 is 11.6 Å². The molecule has 3 aliphatic rings. The van der Waals surface area contributed by atoms with Crippen molar-refractivity contribution in [3.05, 3.63) is 22.9 Å². The Hall–Kier alpha value is -3.74. The fourth-order valence-electron chi connectivity index (χ4n) is 4.72. The number of guanidine groups is 1. The Morgan fingerprint density at radius 2 is 1.94 bits per heavy atom. The van der Waals surface area contributed by atoms with E-state index in [0.29, 0.717) is 62.2 Å². The maximum Gasteiger partial charge on any atom is 0.222 e. The first-order valence-electron chi connectivity index (χ1n) is 11.9. The molecule has 190 valence electrons. The number of amides is 1. The summed E-state index contributed by atoms with van der Waals surface area (Å²) in [6.07, 6.45) is 5.77. The Bertz CT molecular complexity index is 1240. The van der Waals surface area contributed by atoms with Crippen LogP contribution in [0.3, 0.4) is 0 Å². The van der Waals surface area contributed by atoms with Gasteiger partial charge in [0.2, 0.25) is 5.91 Å². The predicted molar refractivity (Wildman–Crippen MR) is 138 cm³/mol. The molecule has 2 aromatic rings. The van der Waals surface area contributed by atoms with Crippen LogP contribution < -0.4 is 27.8 Å². The number of nitrogens with two attached hydrogens (primary N) is 3. The molecule has 0 bridgehead atoms. The molecule has 5 rings (SSSR count). The van der Waals surface area contributed by atoms with Crippen molar-refractivity contribution in [1.82, 2.24) is 35.5 Å².